The van der Waals surface area contributed by atoms with E-state index in [1.54, 1.807) is 0 Å². The van der Waals surface area contributed by atoms with Crippen LogP contribution in [0.4, 0.5) is 5.00 Å². The quantitative estimate of drug-likeness (QED) is 0.573. The maximum absolute atomic E-state index is 13.1. The summed E-state index contributed by atoms with van der Waals surface area (Å²) < 4.78 is 0. The first kappa shape index (κ1) is 15.3. The van der Waals surface area contributed by atoms with Crippen LogP contribution in [0.5, 0.6) is 0 Å². The second-order valence-corrected chi connectivity index (χ2v) is 8.81. The Bertz CT molecular complexity index is 817. The minimum absolute atomic E-state index is 0.0717. The molecule has 25 heavy (non-hydrogen) atoms. The van der Waals surface area contributed by atoms with Gasteiger partial charge in [0.05, 0.1) is 17.4 Å². The highest BCUT2D eigenvalue weighted by Gasteiger charge is 2.60. The molecule has 0 radical (unpaired) electrons. The third kappa shape index (κ3) is 2.04. The Hall–Kier alpha value is -1.93. The average Bonchev–Trinajstić information content (AvgIpc) is 3.31. The van der Waals surface area contributed by atoms with Crippen LogP contribution in [0.25, 0.3) is 0 Å². The molecule has 1 aromatic rings. The van der Waals surface area contributed by atoms with Crippen molar-refractivity contribution in [2.75, 3.05) is 4.90 Å². The van der Waals surface area contributed by atoms with E-state index in [2.05, 4.69) is 18.2 Å². The first-order valence-corrected chi connectivity index (χ1v) is 10.1. The first-order valence-electron chi connectivity index (χ1n) is 9.31. The van der Waals surface area contributed by atoms with E-state index >= 15 is 0 Å². The third-order valence-corrected chi connectivity index (χ3v) is 7.71. The fraction of sp³-hybridized carbons (Fsp3) is 0.550. The van der Waals surface area contributed by atoms with Gasteiger partial charge in [-0.1, -0.05) is 25.0 Å². The van der Waals surface area contributed by atoms with Gasteiger partial charge in [-0.05, 0) is 49.5 Å². The van der Waals surface area contributed by atoms with Gasteiger partial charge in [0.25, 0.3) is 0 Å². The number of fused-ring (bicyclic) bond motifs is 6. The molecule has 1 aliphatic heterocycles. The van der Waals surface area contributed by atoms with Crippen molar-refractivity contribution < 1.29 is 9.59 Å². The molecule has 0 unspecified atom stereocenters. The van der Waals surface area contributed by atoms with Crippen LogP contribution in [0.2, 0.25) is 0 Å². The van der Waals surface area contributed by atoms with E-state index < -0.39 is 0 Å². The van der Waals surface area contributed by atoms with E-state index in [4.69, 9.17) is 0 Å². The van der Waals surface area contributed by atoms with Gasteiger partial charge >= 0.3 is 0 Å². The smallest absolute Gasteiger partial charge is 0.238 e. The fourth-order valence-electron chi connectivity index (χ4n) is 5.28. The largest absolute Gasteiger partial charge is 0.274 e. The summed E-state index contributed by atoms with van der Waals surface area (Å²) in [6.07, 6.45) is 11.6. The lowest BCUT2D eigenvalue weighted by atomic mass is 9.85. The molecule has 0 N–H and O–H groups in total. The van der Waals surface area contributed by atoms with E-state index in [-0.39, 0.29) is 35.5 Å². The van der Waals surface area contributed by atoms with Crippen molar-refractivity contribution in [1.82, 2.24) is 0 Å². The Balaban J connectivity index is 1.58. The number of nitriles is 1. The van der Waals surface area contributed by atoms with Crippen LogP contribution in [-0.4, -0.2) is 11.8 Å². The summed E-state index contributed by atoms with van der Waals surface area (Å²) in [5, 5.41) is 10.4. The number of thiophene rings is 1. The van der Waals surface area contributed by atoms with E-state index in [0.717, 1.165) is 37.7 Å². The van der Waals surface area contributed by atoms with E-state index in [0.29, 0.717) is 10.6 Å². The highest BCUT2D eigenvalue weighted by atomic mass is 32.1. The topological polar surface area (TPSA) is 61.2 Å². The van der Waals surface area contributed by atoms with Crippen LogP contribution in [0, 0.1) is 35.0 Å². The van der Waals surface area contributed by atoms with Crippen molar-refractivity contribution in [2.45, 2.75) is 44.9 Å². The van der Waals surface area contributed by atoms with E-state index in [1.165, 1.54) is 34.0 Å². The standard InChI is InChI=1S/C20H20N2O2S/c21-10-14-13-5-3-1-2-4-6-15(13)25-20(14)22-18(23)16-11-7-8-12(9-11)17(16)19(22)24/h7-8,11-12,16-17H,1-6,9H2/t11-,12+,16-,17+. The summed E-state index contributed by atoms with van der Waals surface area (Å²) in [5.41, 5.74) is 1.69. The molecule has 4 aliphatic rings. The molecular weight excluding hydrogens is 332 g/mol. The summed E-state index contributed by atoms with van der Waals surface area (Å²) in [7, 11) is 0. The normalized spacial score (nSPS) is 33.2. The second kappa shape index (κ2) is 5.54. The maximum Gasteiger partial charge on any atom is 0.238 e. The minimum Gasteiger partial charge on any atom is -0.274 e. The van der Waals surface area contributed by atoms with Crippen molar-refractivity contribution in [1.29, 1.82) is 5.26 Å². The molecule has 2 amide bonds. The molecule has 0 aromatic carbocycles. The molecule has 2 bridgehead atoms. The number of nitrogens with zero attached hydrogens (tertiary/aromatic N) is 2. The van der Waals surface area contributed by atoms with Gasteiger partial charge in [-0.25, -0.2) is 4.90 Å². The minimum atomic E-state index is -0.196. The number of allylic oxidation sites excluding steroid dienone is 2. The maximum atomic E-state index is 13.1. The van der Waals surface area contributed by atoms with Crippen molar-refractivity contribution in [3.8, 4) is 6.07 Å². The van der Waals surface area contributed by atoms with E-state index in [1.807, 2.05) is 0 Å². The molecule has 2 heterocycles. The van der Waals surface area contributed by atoms with Gasteiger partial charge in [-0.3, -0.25) is 9.59 Å². The Morgan fingerprint density at radius 2 is 1.64 bits per heavy atom. The second-order valence-electron chi connectivity index (χ2n) is 7.72. The molecule has 1 saturated heterocycles. The Morgan fingerprint density at radius 1 is 1.00 bits per heavy atom. The zero-order chi connectivity index (χ0) is 17.1. The number of amides is 2. The molecule has 128 valence electrons. The number of rotatable bonds is 1. The Labute approximate surface area is 151 Å². The van der Waals surface area contributed by atoms with Gasteiger partial charge in [0.2, 0.25) is 11.8 Å². The Morgan fingerprint density at radius 3 is 2.28 bits per heavy atom. The van der Waals surface area contributed by atoms with Crippen molar-refractivity contribution in [3.63, 3.8) is 0 Å². The molecule has 1 aromatic heterocycles. The zero-order valence-electron chi connectivity index (χ0n) is 14.0. The first-order chi connectivity index (χ1) is 12.2. The number of imide groups is 1. The summed E-state index contributed by atoms with van der Waals surface area (Å²) in [5.74, 6) is -0.112. The lowest BCUT2D eigenvalue weighted by molar-refractivity contribution is -0.123. The zero-order valence-corrected chi connectivity index (χ0v) is 14.8. The molecule has 5 rings (SSSR count). The van der Waals surface area contributed by atoms with Crippen molar-refractivity contribution in [2.24, 2.45) is 23.7 Å². The van der Waals surface area contributed by atoms with Crippen LogP contribution < -0.4 is 4.90 Å². The number of hydrogen-bond donors (Lipinski definition) is 0. The number of anilines is 1. The average molecular weight is 352 g/mol. The van der Waals surface area contributed by atoms with Crippen LogP contribution >= 0.6 is 11.3 Å². The summed E-state index contributed by atoms with van der Waals surface area (Å²) in [4.78, 5) is 28.7. The van der Waals surface area contributed by atoms with Gasteiger partial charge < -0.3 is 0 Å². The highest BCUT2D eigenvalue weighted by Crippen LogP contribution is 2.54. The monoisotopic (exact) mass is 352 g/mol. The Kier molecular flexibility index (Phi) is 3.40. The molecule has 0 spiro atoms. The molecule has 5 heteroatoms. The number of carbonyl (C=O) groups excluding carboxylic acids is 2. The SMILES string of the molecule is N#Cc1c(N2C(=O)[C@@H]3[C@H](C2=O)[C@@H]2C=C[C@H]3C2)sc2c1CCCCCC2. The summed E-state index contributed by atoms with van der Waals surface area (Å²) >= 11 is 1.52. The van der Waals surface area contributed by atoms with Crippen LogP contribution in [0.15, 0.2) is 12.2 Å². The van der Waals surface area contributed by atoms with Gasteiger partial charge in [0.15, 0.2) is 0 Å². The summed E-state index contributed by atoms with van der Waals surface area (Å²) in [6.45, 7) is 0. The number of carbonyl (C=O) groups is 2. The molecule has 4 atom stereocenters. The van der Waals surface area contributed by atoms with Gasteiger partial charge in [-0.15, -0.1) is 11.3 Å². The number of hydrogen-bond acceptors (Lipinski definition) is 4. The van der Waals surface area contributed by atoms with Crippen LogP contribution in [0.1, 0.15) is 48.1 Å². The molecular formula is C20H20N2O2S. The molecule has 3 aliphatic carbocycles. The fourth-order valence-corrected chi connectivity index (χ4v) is 6.63. The van der Waals surface area contributed by atoms with E-state index in [9.17, 15) is 14.9 Å². The molecule has 1 saturated carbocycles. The van der Waals surface area contributed by atoms with Gasteiger partial charge in [-0.2, -0.15) is 5.26 Å². The summed E-state index contributed by atoms with van der Waals surface area (Å²) in [6, 6.07) is 2.32. The van der Waals surface area contributed by atoms with Gasteiger partial charge in [0, 0.05) is 4.88 Å². The van der Waals surface area contributed by atoms with Gasteiger partial charge in [0.1, 0.15) is 11.1 Å². The predicted molar refractivity (Wildman–Crippen MR) is 95.1 cm³/mol. The van der Waals surface area contributed by atoms with Crippen molar-refractivity contribution in [3.05, 3.63) is 28.2 Å². The lowest BCUT2D eigenvalue weighted by Crippen LogP contribution is -2.32. The van der Waals surface area contributed by atoms with Crippen LogP contribution in [-0.2, 0) is 22.4 Å². The van der Waals surface area contributed by atoms with Crippen LogP contribution in [0.3, 0.4) is 0 Å². The predicted octanol–water partition coefficient (Wildman–Crippen LogP) is 3.59. The number of aryl methyl sites for hydroxylation is 1. The molecule has 2 fully saturated rings. The lowest BCUT2D eigenvalue weighted by Gasteiger charge is -2.15. The third-order valence-electron chi connectivity index (χ3n) is 6.44. The molecule has 4 nitrogen and oxygen atoms in total. The highest BCUT2D eigenvalue weighted by molar-refractivity contribution is 7.17. The van der Waals surface area contributed by atoms with Crippen molar-refractivity contribution >= 4 is 28.2 Å².